The SMILES string of the molecule is Cn1ccnc1CN1CCc2nc(C(C)(C)C)ncc2C1. The third-order valence-corrected chi connectivity index (χ3v) is 3.97. The topological polar surface area (TPSA) is 46.8 Å². The molecule has 0 radical (unpaired) electrons. The summed E-state index contributed by atoms with van der Waals surface area (Å²) in [6.45, 7) is 9.29. The fraction of sp³-hybridized carbons (Fsp3) is 0.562. The number of aromatic nitrogens is 4. The van der Waals surface area contributed by atoms with Crippen molar-refractivity contribution in [2.75, 3.05) is 6.54 Å². The fourth-order valence-electron chi connectivity index (χ4n) is 2.62. The van der Waals surface area contributed by atoms with Crippen LogP contribution >= 0.6 is 0 Å². The second-order valence-corrected chi connectivity index (χ2v) is 6.83. The van der Waals surface area contributed by atoms with E-state index in [4.69, 9.17) is 4.98 Å². The maximum Gasteiger partial charge on any atom is 0.133 e. The van der Waals surface area contributed by atoms with Gasteiger partial charge < -0.3 is 4.57 Å². The van der Waals surface area contributed by atoms with Crippen LogP contribution in [0.3, 0.4) is 0 Å². The molecule has 112 valence electrons. The number of hydrogen-bond donors (Lipinski definition) is 0. The maximum atomic E-state index is 4.77. The highest BCUT2D eigenvalue weighted by molar-refractivity contribution is 5.22. The maximum absolute atomic E-state index is 4.77. The van der Waals surface area contributed by atoms with Crippen molar-refractivity contribution in [2.45, 2.75) is 45.7 Å². The average molecular weight is 285 g/mol. The van der Waals surface area contributed by atoms with Gasteiger partial charge in [0.1, 0.15) is 11.6 Å². The second-order valence-electron chi connectivity index (χ2n) is 6.83. The summed E-state index contributed by atoms with van der Waals surface area (Å²) in [5.41, 5.74) is 2.48. The Hall–Kier alpha value is -1.75. The summed E-state index contributed by atoms with van der Waals surface area (Å²) >= 11 is 0. The zero-order valence-electron chi connectivity index (χ0n) is 13.3. The van der Waals surface area contributed by atoms with Crippen LogP contribution in [0.5, 0.6) is 0 Å². The minimum Gasteiger partial charge on any atom is -0.337 e. The Morgan fingerprint density at radius 1 is 1.24 bits per heavy atom. The van der Waals surface area contributed by atoms with Crippen LogP contribution in [-0.2, 0) is 32.0 Å². The minimum absolute atomic E-state index is 0.0130. The van der Waals surface area contributed by atoms with Crippen molar-refractivity contribution < 1.29 is 0 Å². The van der Waals surface area contributed by atoms with E-state index in [1.807, 2.05) is 25.6 Å². The van der Waals surface area contributed by atoms with Crippen LogP contribution in [-0.4, -0.2) is 31.0 Å². The predicted octanol–water partition coefficient (Wildman–Crippen LogP) is 2.07. The van der Waals surface area contributed by atoms with Gasteiger partial charge in [0, 0.05) is 61.8 Å². The molecule has 0 bridgehead atoms. The molecule has 0 N–H and O–H groups in total. The van der Waals surface area contributed by atoms with Gasteiger partial charge in [0.15, 0.2) is 0 Å². The van der Waals surface area contributed by atoms with Gasteiger partial charge in [-0.2, -0.15) is 0 Å². The first-order valence-electron chi connectivity index (χ1n) is 7.47. The lowest BCUT2D eigenvalue weighted by molar-refractivity contribution is 0.234. The Balaban J connectivity index is 1.76. The lowest BCUT2D eigenvalue weighted by atomic mass is 9.95. The van der Waals surface area contributed by atoms with Gasteiger partial charge >= 0.3 is 0 Å². The average Bonchev–Trinajstić information content (AvgIpc) is 2.82. The lowest BCUT2D eigenvalue weighted by Gasteiger charge is -2.28. The highest BCUT2D eigenvalue weighted by Crippen LogP contribution is 2.23. The Kier molecular flexibility index (Phi) is 3.53. The van der Waals surface area contributed by atoms with Gasteiger partial charge in [0.25, 0.3) is 0 Å². The van der Waals surface area contributed by atoms with Gasteiger partial charge in [-0.05, 0) is 0 Å². The van der Waals surface area contributed by atoms with Gasteiger partial charge in [-0.1, -0.05) is 20.8 Å². The molecule has 0 aliphatic carbocycles. The lowest BCUT2D eigenvalue weighted by Crippen LogP contribution is -2.32. The van der Waals surface area contributed by atoms with Crippen LogP contribution < -0.4 is 0 Å². The van der Waals surface area contributed by atoms with E-state index in [0.717, 1.165) is 37.7 Å². The molecule has 0 aromatic carbocycles. The number of imidazole rings is 1. The van der Waals surface area contributed by atoms with E-state index < -0.39 is 0 Å². The molecule has 2 aromatic rings. The van der Waals surface area contributed by atoms with Crippen molar-refractivity contribution in [2.24, 2.45) is 7.05 Å². The Bertz CT molecular complexity index is 638. The highest BCUT2D eigenvalue weighted by Gasteiger charge is 2.23. The number of rotatable bonds is 2. The van der Waals surface area contributed by atoms with Gasteiger partial charge in [-0.25, -0.2) is 15.0 Å². The van der Waals surface area contributed by atoms with Crippen molar-refractivity contribution in [3.8, 4) is 0 Å². The molecular weight excluding hydrogens is 262 g/mol. The number of hydrogen-bond acceptors (Lipinski definition) is 4. The molecule has 21 heavy (non-hydrogen) atoms. The van der Waals surface area contributed by atoms with E-state index in [2.05, 4.69) is 40.2 Å². The molecule has 0 unspecified atom stereocenters. The molecule has 0 saturated heterocycles. The van der Waals surface area contributed by atoms with E-state index >= 15 is 0 Å². The normalized spacial score (nSPS) is 16.0. The molecule has 3 rings (SSSR count). The summed E-state index contributed by atoms with van der Waals surface area (Å²) in [4.78, 5) is 16.1. The van der Waals surface area contributed by atoms with E-state index in [1.54, 1.807) is 0 Å². The smallest absolute Gasteiger partial charge is 0.133 e. The molecule has 2 aromatic heterocycles. The summed E-state index contributed by atoms with van der Waals surface area (Å²) in [5, 5.41) is 0. The number of aryl methyl sites for hydroxylation is 1. The first-order valence-corrected chi connectivity index (χ1v) is 7.47. The molecule has 1 aliphatic heterocycles. The monoisotopic (exact) mass is 285 g/mol. The van der Waals surface area contributed by atoms with E-state index in [1.165, 1.54) is 11.3 Å². The van der Waals surface area contributed by atoms with E-state index in [-0.39, 0.29) is 5.41 Å². The standard InChI is InChI=1S/C16H23N5/c1-16(2,3)15-18-9-12-10-21(7-5-13(12)19-15)11-14-17-6-8-20(14)4/h6,8-9H,5,7,10-11H2,1-4H3. The first kappa shape index (κ1) is 14.2. The predicted molar refractivity (Wildman–Crippen MR) is 81.8 cm³/mol. The molecular formula is C16H23N5. The van der Waals surface area contributed by atoms with Gasteiger partial charge in [-0.15, -0.1) is 0 Å². The molecule has 0 spiro atoms. The van der Waals surface area contributed by atoms with Crippen LogP contribution in [0.25, 0.3) is 0 Å². The second kappa shape index (κ2) is 5.22. The Labute approximate surface area is 126 Å². The summed E-state index contributed by atoms with van der Waals surface area (Å²) in [5.74, 6) is 2.05. The van der Waals surface area contributed by atoms with Crippen molar-refractivity contribution in [3.63, 3.8) is 0 Å². The zero-order chi connectivity index (χ0) is 15.0. The van der Waals surface area contributed by atoms with Gasteiger partial charge in [0.05, 0.1) is 6.54 Å². The quantitative estimate of drug-likeness (QED) is 0.847. The van der Waals surface area contributed by atoms with Crippen LogP contribution in [0.1, 0.15) is 43.7 Å². The van der Waals surface area contributed by atoms with Crippen LogP contribution in [0, 0.1) is 0 Å². The summed E-state index contributed by atoms with van der Waals surface area (Å²) in [7, 11) is 2.04. The third kappa shape index (κ3) is 2.97. The first-order chi connectivity index (χ1) is 9.93. The van der Waals surface area contributed by atoms with Gasteiger partial charge in [-0.3, -0.25) is 4.90 Å². The van der Waals surface area contributed by atoms with E-state index in [9.17, 15) is 0 Å². The van der Waals surface area contributed by atoms with Crippen molar-refractivity contribution in [1.82, 2.24) is 24.4 Å². The molecule has 0 amide bonds. The van der Waals surface area contributed by atoms with E-state index in [0.29, 0.717) is 0 Å². The molecule has 0 saturated carbocycles. The van der Waals surface area contributed by atoms with Crippen LogP contribution in [0.4, 0.5) is 0 Å². The van der Waals surface area contributed by atoms with Crippen LogP contribution in [0.2, 0.25) is 0 Å². The molecule has 3 heterocycles. The number of fused-ring (bicyclic) bond motifs is 1. The van der Waals surface area contributed by atoms with Gasteiger partial charge in [0.2, 0.25) is 0 Å². The Morgan fingerprint density at radius 3 is 2.71 bits per heavy atom. The minimum atomic E-state index is 0.0130. The van der Waals surface area contributed by atoms with Crippen LogP contribution in [0.15, 0.2) is 18.6 Å². The fourth-order valence-corrected chi connectivity index (χ4v) is 2.62. The molecule has 0 atom stereocenters. The number of nitrogens with zero attached hydrogens (tertiary/aromatic N) is 5. The summed E-state index contributed by atoms with van der Waals surface area (Å²) in [6, 6.07) is 0. The summed E-state index contributed by atoms with van der Waals surface area (Å²) in [6.07, 6.45) is 6.84. The molecule has 5 nitrogen and oxygen atoms in total. The molecule has 0 fully saturated rings. The van der Waals surface area contributed by atoms with Crippen molar-refractivity contribution in [3.05, 3.63) is 41.5 Å². The summed E-state index contributed by atoms with van der Waals surface area (Å²) < 4.78 is 2.08. The zero-order valence-corrected chi connectivity index (χ0v) is 13.3. The largest absolute Gasteiger partial charge is 0.337 e. The third-order valence-electron chi connectivity index (χ3n) is 3.97. The molecule has 1 aliphatic rings. The Morgan fingerprint density at radius 2 is 2.05 bits per heavy atom. The van der Waals surface area contributed by atoms with Crippen molar-refractivity contribution in [1.29, 1.82) is 0 Å². The highest BCUT2D eigenvalue weighted by atomic mass is 15.2. The molecule has 5 heteroatoms. The van der Waals surface area contributed by atoms with Crippen molar-refractivity contribution >= 4 is 0 Å².